The number of hydrogen-bond acceptors (Lipinski definition) is 11. The van der Waals surface area contributed by atoms with E-state index in [4.69, 9.17) is 18.9 Å². The van der Waals surface area contributed by atoms with Crippen LogP contribution in [0.5, 0.6) is 0 Å². The molecular formula is C25H28O11. The van der Waals surface area contributed by atoms with E-state index < -0.39 is 82.6 Å². The van der Waals surface area contributed by atoms with E-state index in [1.165, 1.54) is 19.1 Å². The fraction of sp³-hybridized carbons (Fsp3) is 0.600. The number of Topliss-reactive ketones (excluding diaryl/α,β-unsaturated/α-hetero) is 1. The van der Waals surface area contributed by atoms with Gasteiger partial charge in [0.05, 0.1) is 25.7 Å². The minimum Gasteiger partial charge on any atom is -0.504 e. The van der Waals surface area contributed by atoms with Gasteiger partial charge < -0.3 is 34.3 Å². The molecule has 3 N–H and O–H groups in total. The van der Waals surface area contributed by atoms with Crippen LogP contribution >= 0.6 is 0 Å². The molecule has 1 spiro atoms. The van der Waals surface area contributed by atoms with Crippen LogP contribution in [0.15, 0.2) is 34.6 Å². The quantitative estimate of drug-likeness (QED) is 0.270. The van der Waals surface area contributed by atoms with Gasteiger partial charge in [-0.3, -0.25) is 4.79 Å². The smallest absolute Gasteiger partial charge is 0.348 e. The van der Waals surface area contributed by atoms with Gasteiger partial charge in [0, 0.05) is 35.3 Å². The Morgan fingerprint density at radius 3 is 2.56 bits per heavy atom. The molecule has 2 aliphatic heterocycles. The van der Waals surface area contributed by atoms with Crippen LogP contribution in [0.25, 0.3) is 0 Å². The Labute approximate surface area is 206 Å². The molecule has 4 fully saturated rings. The van der Waals surface area contributed by atoms with Gasteiger partial charge in [-0.1, -0.05) is 11.1 Å². The number of esters is 3. The molecule has 9 unspecified atom stereocenters. The van der Waals surface area contributed by atoms with E-state index >= 15 is 0 Å². The number of aliphatic hydroxyl groups is 3. The van der Waals surface area contributed by atoms with Gasteiger partial charge in [-0.2, -0.15) is 0 Å². The van der Waals surface area contributed by atoms with Gasteiger partial charge in [0.15, 0.2) is 5.76 Å². The standard InChI is InChI=1S/C25H28O11/c1-9(2)5-15(27)36-19-20-24-8-34-25(20,23(32)33-4)21(30)18(29)16(24)12-6-13(26)17(28)10(3)11(12)7-14(24)35-22(19)31/h5-6,12,14,16,18-21,26,29-30H,7-8H2,1-4H3. The Kier molecular flexibility index (Phi) is 5.47. The summed E-state index contributed by atoms with van der Waals surface area (Å²) in [6.45, 7) is 4.63. The summed E-state index contributed by atoms with van der Waals surface area (Å²) in [5, 5.41) is 33.1. The van der Waals surface area contributed by atoms with Gasteiger partial charge in [0.25, 0.3) is 0 Å². The predicted molar refractivity (Wildman–Crippen MR) is 118 cm³/mol. The normalized spacial score (nSPS) is 42.5. The van der Waals surface area contributed by atoms with Gasteiger partial charge >= 0.3 is 17.9 Å². The molecule has 11 nitrogen and oxygen atoms in total. The maximum absolute atomic E-state index is 13.3. The van der Waals surface area contributed by atoms with Crippen molar-refractivity contribution in [1.82, 2.24) is 0 Å². The second-order valence-electron chi connectivity index (χ2n) is 10.4. The van der Waals surface area contributed by atoms with Crippen molar-refractivity contribution >= 4 is 23.7 Å². The number of carbonyl (C=O) groups is 4. The zero-order valence-electron chi connectivity index (χ0n) is 20.2. The monoisotopic (exact) mass is 504 g/mol. The van der Waals surface area contributed by atoms with Crippen molar-refractivity contribution in [3.05, 3.63) is 34.6 Å². The van der Waals surface area contributed by atoms with E-state index in [0.29, 0.717) is 11.1 Å². The van der Waals surface area contributed by atoms with Gasteiger partial charge in [-0.25, -0.2) is 14.4 Å². The summed E-state index contributed by atoms with van der Waals surface area (Å²) in [7, 11) is 1.08. The molecule has 0 amide bonds. The highest BCUT2D eigenvalue weighted by Gasteiger charge is 2.83. The molecule has 2 saturated heterocycles. The van der Waals surface area contributed by atoms with E-state index in [1.807, 2.05) is 0 Å². The summed E-state index contributed by atoms with van der Waals surface area (Å²) < 4.78 is 22.2. The number of allylic oxidation sites excluding steroid dienone is 3. The Hall–Kier alpha value is -3.02. The molecule has 0 radical (unpaired) electrons. The molecule has 2 saturated carbocycles. The summed E-state index contributed by atoms with van der Waals surface area (Å²) in [4.78, 5) is 51.5. The fourth-order valence-corrected chi connectivity index (χ4v) is 7.13. The number of aliphatic hydroxyl groups excluding tert-OH is 3. The first-order valence-corrected chi connectivity index (χ1v) is 11.7. The van der Waals surface area contributed by atoms with E-state index in [2.05, 4.69) is 0 Å². The average molecular weight is 504 g/mol. The summed E-state index contributed by atoms with van der Waals surface area (Å²) >= 11 is 0. The van der Waals surface area contributed by atoms with Crippen LogP contribution < -0.4 is 0 Å². The lowest BCUT2D eigenvalue weighted by atomic mass is 9.44. The second kappa shape index (κ2) is 7.99. The van der Waals surface area contributed by atoms with Crippen LogP contribution in [0.1, 0.15) is 27.2 Å². The highest BCUT2D eigenvalue weighted by atomic mass is 16.6. The molecule has 194 valence electrons. The van der Waals surface area contributed by atoms with E-state index in [1.54, 1.807) is 13.8 Å². The average Bonchev–Trinajstić information content (AvgIpc) is 3.13. The van der Waals surface area contributed by atoms with Crippen LogP contribution in [0, 0.1) is 23.2 Å². The topological polar surface area (TPSA) is 166 Å². The van der Waals surface area contributed by atoms with E-state index in [9.17, 15) is 34.5 Å². The largest absolute Gasteiger partial charge is 0.504 e. The summed E-state index contributed by atoms with van der Waals surface area (Å²) in [6.07, 6.45) is -3.52. The van der Waals surface area contributed by atoms with Crippen molar-refractivity contribution in [3.8, 4) is 0 Å². The van der Waals surface area contributed by atoms with Gasteiger partial charge in [0.2, 0.25) is 17.5 Å². The lowest BCUT2D eigenvalue weighted by Gasteiger charge is -2.62. The highest BCUT2D eigenvalue weighted by molar-refractivity contribution is 6.07. The third-order valence-corrected chi connectivity index (χ3v) is 8.49. The van der Waals surface area contributed by atoms with Gasteiger partial charge in [-0.05, 0) is 26.8 Å². The molecular weight excluding hydrogens is 476 g/mol. The lowest BCUT2D eigenvalue weighted by molar-refractivity contribution is -0.265. The number of carbonyl (C=O) groups excluding carboxylic acids is 4. The van der Waals surface area contributed by atoms with Crippen LogP contribution in [-0.2, 0) is 38.1 Å². The predicted octanol–water partition coefficient (Wildman–Crippen LogP) is 0.0470. The molecule has 3 aliphatic carbocycles. The number of fused-ring (bicyclic) bond motifs is 2. The maximum atomic E-state index is 13.3. The number of ether oxygens (including phenoxy) is 4. The molecule has 5 aliphatic rings. The van der Waals surface area contributed by atoms with Gasteiger partial charge in [0.1, 0.15) is 12.2 Å². The molecule has 9 atom stereocenters. The zero-order valence-corrected chi connectivity index (χ0v) is 20.2. The molecule has 0 aromatic heterocycles. The minimum absolute atomic E-state index is 0.0722. The van der Waals surface area contributed by atoms with Crippen LogP contribution in [0.4, 0.5) is 0 Å². The van der Waals surface area contributed by atoms with Crippen molar-refractivity contribution in [2.45, 2.75) is 57.2 Å². The summed E-state index contributed by atoms with van der Waals surface area (Å²) in [5.74, 6) is -6.84. The third-order valence-electron chi connectivity index (χ3n) is 8.49. The maximum Gasteiger partial charge on any atom is 0.348 e. The third kappa shape index (κ3) is 2.90. The lowest BCUT2D eigenvalue weighted by Crippen LogP contribution is -2.77. The van der Waals surface area contributed by atoms with Crippen LogP contribution in [-0.4, -0.2) is 82.7 Å². The molecule has 5 rings (SSSR count). The number of rotatable bonds is 3. The Morgan fingerprint density at radius 2 is 1.92 bits per heavy atom. The Morgan fingerprint density at radius 1 is 1.22 bits per heavy atom. The van der Waals surface area contributed by atoms with E-state index in [0.717, 1.165) is 7.11 Å². The van der Waals surface area contributed by atoms with Gasteiger partial charge in [-0.15, -0.1) is 0 Å². The first-order chi connectivity index (χ1) is 16.9. The number of ketones is 1. The zero-order chi connectivity index (χ0) is 26.3. The highest BCUT2D eigenvalue weighted by Crippen LogP contribution is 2.68. The second-order valence-corrected chi connectivity index (χ2v) is 10.4. The number of hydrogen-bond donors (Lipinski definition) is 3. The molecule has 2 heterocycles. The molecule has 36 heavy (non-hydrogen) atoms. The minimum atomic E-state index is -2.22. The first kappa shape index (κ1) is 24.7. The van der Waals surface area contributed by atoms with Crippen molar-refractivity contribution < 1.29 is 53.4 Å². The van der Waals surface area contributed by atoms with Crippen LogP contribution in [0.2, 0.25) is 0 Å². The number of methoxy groups -OCH3 is 1. The first-order valence-electron chi connectivity index (χ1n) is 11.7. The molecule has 11 heteroatoms. The Bertz CT molecular complexity index is 1160. The SMILES string of the molecule is COC(=O)C12OCC34C(CC5=C(C)C(=O)C(O)=CC5C3C(O)C1O)OC(=O)C(OC(=O)C=C(C)C)C24. The summed E-state index contributed by atoms with van der Waals surface area (Å²) in [6, 6.07) is 0. The Balaban J connectivity index is 1.73. The van der Waals surface area contributed by atoms with Crippen molar-refractivity contribution in [1.29, 1.82) is 0 Å². The van der Waals surface area contributed by atoms with Crippen molar-refractivity contribution in [2.24, 2.45) is 23.2 Å². The molecule has 0 aromatic carbocycles. The summed E-state index contributed by atoms with van der Waals surface area (Å²) in [5.41, 5.74) is -2.11. The fourth-order valence-electron chi connectivity index (χ4n) is 7.13. The van der Waals surface area contributed by atoms with Crippen molar-refractivity contribution in [2.75, 3.05) is 13.7 Å². The molecule has 0 aromatic rings. The van der Waals surface area contributed by atoms with Crippen LogP contribution in [0.3, 0.4) is 0 Å². The van der Waals surface area contributed by atoms with Crippen molar-refractivity contribution in [3.63, 3.8) is 0 Å². The molecule has 2 bridgehead atoms. The van der Waals surface area contributed by atoms with E-state index in [-0.39, 0.29) is 18.6 Å².